The Kier molecular flexibility index (Phi) is 4.88. The molecule has 2 heteroatoms. The second-order valence-corrected chi connectivity index (χ2v) is 3.60. The maximum Gasteiger partial charge on any atom is 0.223 e. The Hall–Kier alpha value is -1.31. The van der Waals surface area contributed by atoms with Crippen LogP contribution in [0.3, 0.4) is 0 Å². The standard InChI is InChI=1S/C13H18O2/c1-3-4-5-8-11-9-6-7-10-12(15-2)13(11)14/h6-7,9-10H,3-5,8H2,1-2H3. The van der Waals surface area contributed by atoms with E-state index in [-0.39, 0.29) is 5.43 Å². The fourth-order valence-corrected chi connectivity index (χ4v) is 1.55. The maximum absolute atomic E-state index is 11.9. The third-order valence-corrected chi connectivity index (χ3v) is 2.44. The highest BCUT2D eigenvalue weighted by Gasteiger charge is 2.02. The van der Waals surface area contributed by atoms with E-state index in [4.69, 9.17) is 4.74 Å². The van der Waals surface area contributed by atoms with Crippen LogP contribution < -0.4 is 10.2 Å². The molecular formula is C13H18O2. The van der Waals surface area contributed by atoms with Gasteiger partial charge >= 0.3 is 0 Å². The molecule has 0 aliphatic carbocycles. The van der Waals surface area contributed by atoms with Crippen molar-refractivity contribution in [2.24, 2.45) is 0 Å². The monoisotopic (exact) mass is 206 g/mol. The van der Waals surface area contributed by atoms with Crippen molar-refractivity contribution in [2.45, 2.75) is 32.6 Å². The fraction of sp³-hybridized carbons (Fsp3) is 0.462. The molecule has 0 atom stereocenters. The Bertz CT molecular complexity index is 358. The number of unbranched alkanes of at least 4 members (excludes halogenated alkanes) is 2. The molecule has 0 amide bonds. The van der Waals surface area contributed by atoms with Crippen LogP contribution >= 0.6 is 0 Å². The molecule has 0 bridgehead atoms. The molecule has 0 unspecified atom stereocenters. The van der Waals surface area contributed by atoms with Gasteiger partial charge in [0.05, 0.1) is 7.11 Å². The Morgan fingerprint density at radius 3 is 2.60 bits per heavy atom. The summed E-state index contributed by atoms with van der Waals surface area (Å²) in [5, 5.41) is 0. The minimum Gasteiger partial charge on any atom is -0.493 e. The number of aryl methyl sites for hydroxylation is 1. The Balaban J connectivity index is 2.88. The lowest BCUT2D eigenvalue weighted by Gasteiger charge is -1.98. The van der Waals surface area contributed by atoms with Gasteiger partial charge in [-0.3, -0.25) is 4.79 Å². The summed E-state index contributed by atoms with van der Waals surface area (Å²) in [4.78, 5) is 11.9. The lowest BCUT2D eigenvalue weighted by atomic mass is 10.1. The molecule has 0 aliphatic rings. The Morgan fingerprint density at radius 2 is 1.93 bits per heavy atom. The van der Waals surface area contributed by atoms with Gasteiger partial charge in [0.1, 0.15) is 0 Å². The molecule has 1 aromatic carbocycles. The highest BCUT2D eigenvalue weighted by molar-refractivity contribution is 5.27. The first-order chi connectivity index (χ1) is 7.29. The van der Waals surface area contributed by atoms with Gasteiger partial charge in [-0.2, -0.15) is 0 Å². The van der Waals surface area contributed by atoms with E-state index in [1.54, 1.807) is 6.07 Å². The number of rotatable bonds is 5. The van der Waals surface area contributed by atoms with Gasteiger partial charge in [-0.15, -0.1) is 0 Å². The molecule has 0 aliphatic heterocycles. The second-order valence-electron chi connectivity index (χ2n) is 3.60. The van der Waals surface area contributed by atoms with E-state index in [0.717, 1.165) is 18.4 Å². The first-order valence-corrected chi connectivity index (χ1v) is 5.45. The van der Waals surface area contributed by atoms with Crippen LogP contribution in [0.5, 0.6) is 5.75 Å². The molecule has 0 N–H and O–H groups in total. The van der Waals surface area contributed by atoms with Gasteiger partial charge in [0.15, 0.2) is 5.75 Å². The summed E-state index contributed by atoms with van der Waals surface area (Å²) in [6, 6.07) is 7.33. The second kappa shape index (κ2) is 6.23. The van der Waals surface area contributed by atoms with E-state index >= 15 is 0 Å². The molecule has 82 valence electrons. The fourth-order valence-electron chi connectivity index (χ4n) is 1.55. The average Bonchev–Trinajstić information content (AvgIpc) is 2.42. The minimum absolute atomic E-state index is 0.0265. The van der Waals surface area contributed by atoms with Crippen molar-refractivity contribution in [3.8, 4) is 5.75 Å². The molecule has 0 radical (unpaired) electrons. The van der Waals surface area contributed by atoms with Crippen molar-refractivity contribution < 1.29 is 4.74 Å². The molecule has 0 aromatic heterocycles. The highest BCUT2D eigenvalue weighted by atomic mass is 16.5. The number of ether oxygens (including phenoxy) is 1. The van der Waals surface area contributed by atoms with Crippen LogP contribution in [0.4, 0.5) is 0 Å². The molecule has 0 saturated carbocycles. The molecule has 0 spiro atoms. The van der Waals surface area contributed by atoms with Crippen LogP contribution in [-0.4, -0.2) is 7.11 Å². The largest absolute Gasteiger partial charge is 0.493 e. The highest BCUT2D eigenvalue weighted by Crippen LogP contribution is 2.06. The smallest absolute Gasteiger partial charge is 0.223 e. The van der Waals surface area contributed by atoms with Gasteiger partial charge in [0.2, 0.25) is 5.43 Å². The lowest BCUT2D eigenvalue weighted by molar-refractivity contribution is 0.410. The summed E-state index contributed by atoms with van der Waals surface area (Å²) in [5.74, 6) is 0.437. The van der Waals surface area contributed by atoms with Gasteiger partial charge in [-0.1, -0.05) is 38.0 Å². The summed E-state index contributed by atoms with van der Waals surface area (Å²) >= 11 is 0. The van der Waals surface area contributed by atoms with Gasteiger partial charge in [0.25, 0.3) is 0 Å². The topological polar surface area (TPSA) is 26.3 Å². The van der Waals surface area contributed by atoms with Crippen molar-refractivity contribution in [1.82, 2.24) is 0 Å². The quantitative estimate of drug-likeness (QED) is 0.692. The van der Waals surface area contributed by atoms with Crippen molar-refractivity contribution in [3.05, 3.63) is 40.1 Å². The zero-order chi connectivity index (χ0) is 11.1. The number of hydrogen-bond donors (Lipinski definition) is 0. The minimum atomic E-state index is 0.0265. The summed E-state index contributed by atoms with van der Waals surface area (Å²) in [5.41, 5.74) is 0.879. The Morgan fingerprint density at radius 1 is 1.20 bits per heavy atom. The van der Waals surface area contributed by atoms with E-state index in [1.165, 1.54) is 20.0 Å². The lowest BCUT2D eigenvalue weighted by Crippen LogP contribution is -2.08. The van der Waals surface area contributed by atoms with Crippen LogP contribution in [0.1, 0.15) is 31.7 Å². The van der Waals surface area contributed by atoms with Crippen molar-refractivity contribution in [3.63, 3.8) is 0 Å². The zero-order valence-corrected chi connectivity index (χ0v) is 9.45. The van der Waals surface area contributed by atoms with Gasteiger partial charge in [-0.05, 0) is 18.9 Å². The molecule has 1 aromatic rings. The van der Waals surface area contributed by atoms with E-state index < -0.39 is 0 Å². The van der Waals surface area contributed by atoms with Gasteiger partial charge in [0, 0.05) is 5.56 Å². The molecule has 1 rings (SSSR count). The SMILES string of the molecule is CCCCCc1ccccc(OC)c1=O. The third kappa shape index (κ3) is 3.39. The van der Waals surface area contributed by atoms with Crippen molar-refractivity contribution in [1.29, 1.82) is 0 Å². The predicted octanol–water partition coefficient (Wildman–Crippen LogP) is 2.79. The van der Waals surface area contributed by atoms with E-state index in [2.05, 4.69) is 6.92 Å². The van der Waals surface area contributed by atoms with Crippen molar-refractivity contribution >= 4 is 0 Å². The summed E-state index contributed by atoms with van der Waals surface area (Å²) < 4.78 is 5.04. The summed E-state index contributed by atoms with van der Waals surface area (Å²) in [6.45, 7) is 2.16. The first-order valence-electron chi connectivity index (χ1n) is 5.45. The van der Waals surface area contributed by atoms with Crippen LogP contribution in [-0.2, 0) is 6.42 Å². The van der Waals surface area contributed by atoms with E-state index in [0.29, 0.717) is 5.75 Å². The molecule has 2 nitrogen and oxygen atoms in total. The van der Waals surface area contributed by atoms with Crippen LogP contribution in [0.25, 0.3) is 0 Å². The van der Waals surface area contributed by atoms with Gasteiger partial charge in [-0.25, -0.2) is 0 Å². The van der Waals surface area contributed by atoms with Crippen LogP contribution in [0.15, 0.2) is 29.1 Å². The molecule has 0 saturated heterocycles. The average molecular weight is 206 g/mol. The normalized spacial score (nSPS) is 10.0. The molecule has 0 fully saturated rings. The first kappa shape index (κ1) is 11.8. The summed E-state index contributed by atoms with van der Waals surface area (Å²) in [6.07, 6.45) is 4.25. The Labute approximate surface area is 90.9 Å². The predicted molar refractivity (Wildman–Crippen MR) is 62.5 cm³/mol. The number of methoxy groups -OCH3 is 1. The van der Waals surface area contributed by atoms with Crippen molar-refractivity contribution in [2.75, 3.05) is 7.11 Å². The molecule has 0 heterocycles. The van der Waals surface area contributed by atoms with Crippen LogP contribution in [0.2, 0.25) is 0 Å². The van der Waals surface area contributed by atoms with E-state index in [9.17, 15) is 4.79 Å². The van der Waals surface area contributed by atoms with Crippen LogP contribution in [0, 0.1) is 0 Å². The maximum atomic E-state index is 11.9. The van der Waals surface area contributed by atoms with Gasteiger partial charge < -0.3 is 4.74 Å². The molecular weight excluding hydrogens is 188 g/mol. The molecule has 15 heavy (non-hydrogen) atoms. The summed E-state index contributed by atoms with van der Waals surface area (Å²) in [7, 11) is 1.53. The third-order valence-electron chi connectivity index (χ3n) is 2.44. The number of hydrogen-bond acceptors (Lipinski definition) is 2. The van der Waals surface area contributed by atoms with E-state index in [1.807, 2.05) is 18.2 Å². The zero-order valence-electron chi connectivity index (χ0n) is 9.45.